The molecule has 1 fully saturated rings. The Kier molecular flexibility index (Phi) is 6.26. The zero-order chi connectivity index (χ0) is 22.5. The minimum Gasteiger partial charge on any atom is -0.497 e. The van der Waals surface area contributed by atoms with Gasteiger partial charge in [0.25, 0.3) is 5.91 Å². The molecule has 0 unspecified atom stereocenters. The van der Waals surface area contributed by atoms with Crippen molar-refractivity contribution in [2.45, 2.75) is 0 Å². The summed E-state index contributed by atoms with van der Waals surface area (Å²) in [5.41, 5.74) is 2.76. The number of carboxylic acids is 1. The largest absolute Gasteiger partial charge is 0.497 e. The van der Waals surface area contributed by atoms with Crippen LogP contribution in [0.3, 0.4) is 0 Å². The topological polar surface area (TPSA) is 82.1 Å². The van der Waals surface area contributed by atoms with Gasteiger partial charge >= 0.3 is 5.97 Å². The Bertz CT molecular complexity index is 1110. The van der Waals surface area contributed by atoms with E-state index in [0.29, 0.717) is 5.56 Å². The Morgan fingerprint density at radius 1 is 0.844 bits per heavy atom. The first kappa shape index (κ1) is 21.2. The fourth-order valence-corrected chi connectivity index (χ4v) is 3.83. The lowest BCUT2D eigenvalue weighted by Crippen LogP contribution is -2.46. The molecule has 7 nitrogen and oxygen atoms in total. The van der Waals surface area contributed by atoms with Crippen LogP contribution in [0.4, 0.5) is 17.1 Å². The molecule has 1 saturated heterocycles. The number of nitrogens with one attached hydrogen (secondary N) is 1. The Morgan fingerprint density at radius 2 is 1.50 bits per heavy atom. The molecule has 0 atom stereocenters. The summed E-state index contributed by atoms with van der Waals surface area (Å²) in [4.78, 5) is 28.8. The number of piperazine rings is 1. The molecular weight excluding hydrogens is 406 g/mol. The second-order valence-electron chi connectivity index (χ2n) is 7.53. The smallest absolute Gasteiger partial charge is 0.337 e. The van der Waals surface area contributed by atoms with E-state index >= 15 is 0 Å². The van der Waals surface area contributed by atoms with Crippen LogP contribution < -0.4 is 19.9 Å². The molecular formula is C25H25N3O4. The van der Waals surface area contributed by atoms with Crippen LogP contribution in [0.25, 0.3) is 0 Å². The van der Waals surface area contributed by atoms with Gasteiger partial charge in [-0.05, 0) is 42.5 Å². The van der Waals surface area contributed by atoms with Crippen molar-refractivity contribution in [3.63, 3.8) is 0 Å². The molecule has 0 saturated carbocycles. The van der Waals surface area contributed by atoms with Gasteiger partial charge in [0, 0.05) is 49.2 Å². The van der Waals surface area contributed by atoms with Crippen molar-refractivity contribution in [1.82, 2.24) is 0 Å². The van der Waals surface area contributed by atoms with Crippen molar-refractivity contribution in [3.05, 3.63) is 83.9 Å². The number of carboxylic acid groups (broad SMARTS) is 1. The van der Waals surface area contributed by atoms with Gasteiger partial charge in [-0.1, -0.05) is 24.3 Å². The lowest BCUT2D eigenvalue weighted by Gasteiger charge is -2.37. The van der Waals surface area contributed by atoms with Gasteiger partial charge in [0.05, 0.1) is 18.4 Å². The van der Waals surface area contributed by atoms with Crippen molar-refractivity contribution < 1.29 is 19.4 Å². The van der Waals surface area contributed by atoms with E-state index in [4.69, 9.17) is 4.74 Å². The van der Waals surface area contributed by atoms with Crippen LogP contribution in [0.5, 0.6) is 5.75 Å². The quantitative estimate of drug-likeness (QED) is 0.615. The Labute approximate surface area is 186 Å². The highest BCUT2D eigenvalue weighted by molar-refractivity contribution is 6.08. The molecule has 3 aromatic carbocycles. The third-order valence-electron chi connectivity index (χ3n) is 5.58. The number of methoxy groups -OCH3 is 1. The van der Waals surface area contributed by atoms with Gasteiger partial charge in [0.2, 0.25) is 0 Å². The second-order valence-corrected chi connectivity index (χ2v) is 7.53. The Hall–Kier alpha value is -4.00. The van der Waals surface area contributed by atoms with Crippen LogP contribution in [0, 0.1) is 0 Å². The van der Waals surface area contributed by atoms with Gasteiger partial charge in [0.15, 0.2) is 0 Å². The molecule has 0 spiro atoms. The van der Waals surface area contributed by atoms with E-state index in [9.17, 15) is 14.7 Å². The number of ether oxygens (including phenoxy) is 1. The number of nitrogens with zero attached hydrogens (tertiary/aromatic N) is 2. The van der Waals surface area contributed by atoms with Gasteiger partial charge < -0.3 is 25.0 Å². The van der Waals surface area contributed by atoms with Gasteiger partial charge in [-0.15, -0.1) is 0 Å². The number of hydrogen-bond donors (Lipinski definition) is 2. The van der Waals surface area contributed by atoms with E-state index in [1.165, 1.54) is 0 Å². The monoisotopic (exact) mass is 431 g/mol. The van der Waals surface area contributed by atoms with E-state index in [1.807, 2.05) is 30.3 Å². The van der Waals surface area contributed by atoms with Gasteiger partial charge in [-0.2, -0.15) is 0 Å². The normalized spacial score (nSPS) is 13.5. The molecule has 7 heteroatoms. The van der Waals surface area contributed by atoms with Crippen molar-refractivity contribution in [2.75, 3.05) is 48.4 Å². The predicted molar refractivity (Wildman–Crippen MR) is 125 cm³/mol. The maximum atomic E-state index is 12.5. The summed E-state index contributed by atoms with van der Waals surface area (Å²) in [6.07, 6.45) is 0. The lowest BCUT2D eigenvalue weighted by molar-refractivity contribution is 0.0698. The fraction of sp³-hybridized carbons (Fsp3) is 0.200. The molecule has 0 aromatic heterocycles. The maximum absolute atomic E-state index is 12.5. The molecule has 1 heterocycles. The number of hydrogen-bond acceptors (Lipinski definition) is 5. The molecule has 0 aliphatic carbocycles. The van der Waals surface area contributed by atoms with E-state index in [0.717, 1.165) is 43.3 Å². The Balaban J connectivity index is 1.47. The lowest BCUT2D eigenvalue weighted by atomic mass is 10.1. The van der Waals surface area contributed by atoms with Crippen LogP contribution in [0.15, 0.2) is 72.8 Å². The maximum Gasteiger partial charge on any atom is 0.337 e. The molecule has 4 rings (SSSR count). The van der Waals surface area contributed by atoms with Crippen molar-refractivity contribution in [3.8, 4) is 5.75 Å². The molecule has 32 heavy (non-hydrogen) atoms. The summed E-state index contributed by atoms with van der Waals surface area (Å²) in [5.74, 6) is -0.595. The summed E-state index contributed by atoms with van der Waals surface area (Å²) in [5, 5.41) is 12.4. The average Bonchev–Trinajstić information content (AvgIpc) is 2.85. The zero-order valence-corrected chi connectivity index (χ0v) is 17.8. The first-order chi connectivity index (χ1) is 15.5. The summed E-state index contributed by atoms with van der Waals surface area (Å²) >= 11 is 0. The van der Waals surface area contributed by atoms with Crippen molar-refractivity contribution >= 4 is 28.9 Å². The third kappa shape index (κ3) is 4.67. The summed E-state index contributed by atoms with van der Waals surface area (Å²) in [7, 11) is 1.66. The molecule has 1 amide bonds. The summed E-state index contributed by atoms with van der Waals surface area (Å²) in [6, 6.07) is 21.8. The fourth-order valence-electron chi connectivity index (χ4n) is 3.83. The van der Waals surface area contributed by atoms with Crippen LogP contribution in [-0.4, -0.2) is 50.3 Å². The number of carbonyl (C=O) groups excluding carboxylic acids is 1. The molecule has 1 aliphatic heterocycles. The van der Waals surface area contributed by atoms with Gasteiger partial charge in [-0.25, -0.2) is 4.79 Å². The number of anilines is 3. The molecule has 1 aliphatic rings. The number of rotatable bonds is 6. The molecule has 2 N–H and O–H groups in total. The number of benzene rings is 3. The number of aromatic carboxylic acids is 1. The highest BCUT2D eigenvalue weighted by Crippen LogP contribution is 2.27. The van der Waals surface area contributed by atoms with Crippen LogP contribution in [0.1, 0.15) is 20.7 Å². The van der Waals surface area contributed by atoms with Gasteiger partial charge in [-0.3, -0.25) is 4.79 Å². The molecule has 0 bridgehead atoms. The number of carbonyl (C=O) groups is 2. The minimum atomic E-state index is -1.08. The second kappa shape index (κ2) is 9.43. The molecule has 3 aromatic rings. The van der Waals surface area contributed by atoms with Gasteiger partial charge in [0.1, 0.15) is 5.75 Å². The van der Waals surface area contributed by atoms with E-state index in [2.05, 4.69) is 21.2 Å². The molecule has 164 valence electrons. The van der Waals surface area contributed by atoms with E-state index in [1.54, 1.807) is 43.5 Å². The van der Waals surface area contributed by atoms with Crippen LogP contribution in [0.2, 0.25) is 0 Å². The standard InChI is InChI=1S/C25H25N3O4/c1-32-21-9-5-8-19(16-21)27-12-14-28(15-13-27)20-10-11-23(22(17-20)25(30)31)26-24(29)18-6-3-2-4-7-18/h2-11,16-17H,12-15H2,1H3,(H,26,29)(H,30,31). The van der Waals surface area contributed by atoms with Crippen LogP contribution in [-0.2, 0) is 0 Å². The van der Waals surface area contributed by atoms with E-state index in [-0.39, 0.29) is 17.2 Å². The van der Waals surface area contributed by atoms with Crippen molar-refractivity contribution in [2.24, 2.45) is 0 Å². The van der Waals surface area contributed by atoms with Crippen molar-refractivity contribution in [1.29, 1.82) is 0 Å². The average molecular weight is 431 g/mol. The highest BCUT2D eigenvalue weighted by atomic mass is 16.5. The SMILES string of the molecule is COc1cccc(N2CCN(c3ccc(NC(=O)c4ccccc4)c(C(=O)O)c3)CC2)c1. The third-order valence-corrected chi connectivity index (χ3v) is 5.58. The molecule has 0 radical (unpaired) electrons. The first-order valence-electron chi connectivity index (χ1n) is 10.4. The van der Waals surface area contributed by atoms with Crippen LogP contribution >= 0.6 is 0 Å². The highest BCUT2D eigenvalue weighted by Gasteiger charge is 2.21. The first-order valence-corrected chi connectivity index (χ1v) is 10.4. The summed E-state index contributed by atoms with van der Waals surface area (Å²) in [6.45, 7) is 3.13. The Morgan fingerprint density at radius 3 is 2.12 bits per heavy atom. The minimum absolute atomic E-state index is 0.0713. The van der Waals surface area contributed by atoms with E-state index < -0.39 is 5.97 Å². The predicted octanol–water partition coefficient (Wildman–Crippen LogP) is 3.97. The number of amides is 1. The zero-order valence-electron chi connectivity index (χ0n) is 17.8. The summed E-state index contributed by atoms with van der Waals surface area (Å²) < 4.78 is 5.32.